The second-order valence-corrected chi connectivity index (χ2v) is 7.89. The van der Waals surface area contributed by atoms with E-state index in [4.69, 9.17) is 14.7 Å². The minimum absolute atomic E-state index is 0.203. The third-order valence-corrected chi connectivity index (χ3v) is 6.02. The number of likely N-dealkylation sites (tertiary alicyclic amines) is 1. The fourth-order valence-corrected chi connectivity index (χ4v) is 4.09. The first-order chi connectivity index (χ1) is 14.1. The van der Waals surface area contributed by atoms with Crippen molar-refractivity contribution in [3.05, 3.63) is 35.5 Å². The van der Waals surface area contributed by atoms with Crippen molar-refractivity contribution in [1.82, 2.24) is 24.6 Å². The number of aromatic nitrogens is 4. The van der Waals surface area contributed by atoms with Gasteiger partial charge in [-0.1, -0.05) is 0 Å². The second kappa shape index (κ2) is 8.90. The fraction of sp³-hybridized carbons (Fsp3) is 0.619. The summed E-state index contributed by atoms with van der Waals surface area (Å²) in [7, 11) is 0. The van der Waals surface area contributed by atoms with E-state index in [0.717, 1.165) is 75.1 Å². The average molecular weight is 399 g/mol. The molecule has 2 aromatic rings. The van der Waals surface area contributed by atoms with Gasteiger partial charge in [0.25, 0.3) is 0 Å². The Morgan fingerprint density at radius 1 is 1.14 bits per heavy atom. The van der Waals surface area contributed by atoms with E-state index < -0.39 is 0 Å². The highest BCUT2D eigenvalue weighted by Gasteiger charge is 2.27. The Hall–Kier alpha value is -2.48. The van der Waals surface area contributed by atoms with Gasteiger partial charge in [-0.3, -0.25) is 9.48 Å². The summed E-state index contributed by atoms with van der Waals surface area (Å²) in [6.45, 7) is 9.59. The topological polar surface area (TPSA) is 76.4 Å². The summed E-state index contributed by atoms with van der Waals surface area (Å²) in [5.41, 5.74) is 2.20. The Morgan fingerprint density at radius 2 is 1.90 bits per heavy atom. The van der Waals surface area contributed by atoms with Gasteiger partial charge in [0.1, 0.15) is 11.6 Å². The molecule has 156 valence electrons. The van der Waals surface area contributed by atoms with E-state index in [1.54, 1.807) is 10.9 Å². The average Bonchev–Trinajstić information content (AvgIpc) is 3.28. The highest BCUT2D eigenvalue weighted by atomic mass is 16.5. The molecule has 0 radical (unpaired) electrons. The molecule has 29 heavy (non-hydrogen) atoms. The molecule has 0 N–H and O–H groups in total. The fourth-order valence-electron chi connectivity index (χ4n) is 4.09. The SMILES string of the molecule is Cc1nc(C2CCN(C(=O)CCn3cccn3)CC2)nc(N2CCOCC2)c1C. The highest BCUT2D eigenvalue weighted by molar-refractivity contribution is 5.76. The zero-order chi connectivity index (χ0) is 20.2. The van der Waals surface area contributed by atoms with Crippen LogP contribution in [0.1, 0.15) is 42.3 Å². The van der Waals surface area contributed by atoms with E-state index >= 15 is 0 Å². The molecule has 2 aliphatic heterocycles. The molecule has 1 amide bonds. The lowest BCUT2D eigenvalue weighted by Gasteiger charge is -2.33. The molecular weight excluding hydrogens is 368 g/mol. The first kappa shape index (κ1) is 19.8. The van der Waals surface area contributed by atoms with Crippen LogP contribution in [-0.4, -0.2) is 69.9 Å². The van der Waals surface area contributed by atoms with E-state index in [9.17, 15) is 4.79 Å². The maximum Gasteiger partial charge on any atom is 0.224 e. The molecule has 0 spiro atoms. The third kappa shape index (κ3) is 4.58. The lowest BCUT2D eigenvalue weighted by Crippen LogP contribution is -2.39. The van der Waals surface area contributed by atoms with Gasteiger partial charge >= 0.3 is 0 Å². The van der Waals surface area contributed by atoms with Gasteiger partial charge in [0.05, 0.1) is 13.2 Å². The Balaban J connectivity index is 1.37. The van der Waals surface area contributed by atoms with Crippen molar-refractivity contribution in [3.8, 4) is 0 Å². The second-order valence-electron chi connectivity index (χ2n) is 7.89. The number of carbonyl (C=O) groups is 1. The van der Waals surface area contributed by atoms with Gasteiger partial charge in [0.15, 0.2) is 0 Å². The minimum Gasteiger partial charge on any atom is -0.378 e. The predicted molar refractivity (Wildman–Crippen MR) is 110 cm³/mol. The van der Waals surface area contributed by atoms with Crippen LogP contribution >= 0.6 is 0 Å². The van der Waals surface area contributed by atoms with E-state index in [-0.39, 0.29) is 5.91 Å². The first-order valence-electron chi connectivity index (χ1n) is 10.5. The van der Waals surface area contributed by atoms with E-state index in [1.807, 2.05) is 17.2 Å². The van der Waals surface area contributed by atoms with Crippen LogP contribution in [0.3, 0.4) is 0 Å². The number of amides is 1. The molecule has 8 nitrogen and oxygen atoms in total. The number of piperidine rings is 1. The molecule has 2 aliphatic rings. The van der Waals surface area contributed by atoms with E-state index in [1.165, 1.54) is 0 Å². The molecule has 0 unspecified atom stereocenters. The molecule has 0 aromatic carbocycles. The van der Waals surface area contributed by atoms with Crippen molar-refractivity contribution in [1.29, 1.82) is 0 Å². The normalized spacial score (nSPS) is 18.3. The predicted octanol–water partition coefficient (Wildman–Crippen LogP) is 1.92. The summed E-state index contributed by atoms with van der Waals surface area (Å²) in [6.07, 6.45) is 5.96. The van der Waals surface area contributed by atoms with Crippen LogP contribution < -0.4 is 4.90 Å². The van der Waals surface area contributed by atoms with E-state index in [0.29, 0.717) is 18.9 Å². The maximum absolute atomic E-state index is 12.5. The molecule has 0 bridgehead atoms. The van der Waals surface area contributed by atoms with Gasteiger partial charge in [-0.2, -0.15) is 5.10 Å². The molecule has 4 rings (SSSR count). The standard InChI is InChI=1S/C21H30N6O2/c1-16-17(2)23-20(24-21(16)26-12-14-29-15-13-26)18-4-9-25(10-5-18)19(28)6-11-27-8-3-7-22-27/h3,7-8,18H,4-6,9-15H2,1-2H3. The molecule has 2 fully saturated rings. The van der Waals surface area contributed by atoms with Crippen LogP contribution in [0.4, 0.5) is 5.82 Å². The highest BCUT2D eigenvalue weighted by Crippen LogP contribution is 2.29. The number of anilines is 1. The molecular formula is C21H30N6O2. The summed E-state index contributed by atoms with van der Waals surface area (Å²) in [4.78, 5) is 26.6. The summed E-state index contributed by atoms with van der Waals surface area (Å²) in [5.74, 6) is 2.49. The van der Waals surface area contributed by atoms with Crippen LogP contribution in [0.15, 0.2) is 18.5 Å². The largest absolute Gasteiger partial charge is 0.378 e. The van der Waals surface area contributed by atoms with Crippen molar-refractivity contribution in [2.75, 3.05) is 44.3 Å². The van der Waals surface area contributed by atoms with Gasteiger partial charge in [-0.25, -0.2) is 9.97 Å². The Labute approximate surface area is 171 Å². The summed E-state index contributed by atoms with van der Waals surface area (Å²) in [5, 5.41) is 4.16. The summed E-state index contributed by atoms with van der Waals surface area (Å²) >= 11 is 0. The molecule has 0 saturated carbocycles. The number of carbonyl (C=O) groups excluding carboxylic acids is 1. The van der Waals surface area contributed by atoms with Gasteiger partial charge < -0.3 is 14.5 Å². The lowest BCUT2D eigenvalue weighted by molar-refractivity contribution is -0.132. The molecule has 0 atom stereocenters. The smallest absolute Gasteiger partial charge is 0.224 e. The van der Waals surface area contributed by atoms with Gasteiger partial charge in [0.2, 0.25) is 5.91 Å². The zero-order valence-electron chi connectivity index (χ0n) is 17.4. The van der Waals surface area contributed by atoms with Gasteiger partial charge in [-0.05, 0) is 32.8 Å². The van der Waals surface area contributed by atoms with Crippen LogP contribution in [0.2, 0.25) is 0 Å². The van der Waals surface area contributed by atoms with Crippen LogP contribution in [-0.2, 0) is 16.1 Å². The monoisotopic (exact) mass is 398 g/mol. The van der Waals surface area contributed by atoms with Crippen LogP contribution in [0.5, 0.6) is 0 Å². The van der Waals surface area contributed by atoms with Crippen molar-refractivity contribution < 1.29 is 9.53 Å². The number of morpholine rings is 1. The molecule has 2 saturated heterocycles. The third-order valence-electron chi connectivity index (χ3n) is 6.02. The maximum atomic E-state index is 12.5. The molecule has 2 aromatic heterocycles. The number of hydrogen-bond donors (Lipinski definition) is 0. The Morgan fingerprint density at radius 3 is 2.59 bits per heavy atom. The van der Waals surface area contributed by atoms with E-state index in [2.05, 4.69) is 23.8 Å². The van der Waals surface area contributed by atoms with Crippen molar-refractivity contribution in [2.24, 2.45) is 0 Å². The zero-order valence-corrected chi connectivity index (χ0v) is 17.4. The molecule has 0 aliphatic carbocycles. The van der Waals surface area contributed by atoms with Crippen LogP contribution in [0.25, 0.3) is 0 Å². The number of aryl methyl sites for hydroxylation is 2. The van der Waals surface area contributed by atoms with Crippen LogP contribution in [0, 0.1) is 13.8 Å². The number of nitrogens with zero attached hydrogens (tertiary/aromatic N) is 6. The quantitative estimate of drug-likeness (QED) is 0.766. The van der Waals surface area contributed by atoms with Crippen molar-refractivity contribution in [2.45, 2.75) is 45.6 Å². The summed E-state index contributed by atoms with van der Waals surface area (Å²) < 4.78 is 7.29. The molecule has 4 heterocycles. The number of ether oxygens (including phenoxy) is 1. The van der Waals surface area contributed by atoms with Crippen molar-refractivity contribution in [3.63, 3.8) is 0 Å². The molecule has 8 heteroatoms. The summed E-state index contributed by atoms with van der Waals surface area (Å²) in [6, 6.07) is 1.88. The lowest BCUT2D eigenvalue weighted by atomic mass is 9.95. The Bertz CT molecular complexity index is 824. The minimum atomic E-state index is 0.203. The number of rotatable bonds is 5. The van der Waals surface area contributed by atoms with Crippen molar-refractivity contribution >= 4 is 11.7 Å². The number of hydrogen-bond acceptors (Lipinski definition) is 6. The van der Waals surface area contributed by atoms with Gasteiger partial charge in [0, 0.05) is 68.7 Å². The Kier molecular flexibility index (Phi) is 6.08. The van der Waals surface area contributed by atoms with Gasteiger partial charge in [-0.15, -0.1) is 0 Å². The first-order valence-corrected chi connectivity index (χ1v) is 10.5.